The van der Waals surface area contributed by atoms with Crippen LogP contribution in [0.25, 0.3) is 17.2 Å². The summed E-state index contributed by atoms with van der Waals surface area (Å²) in [6, 6.07) is 23.4. The number of rotatable bonds is 21. The number of nitriles is 1. The van der Waals surface area contributed by atoms with Gasteiger partial charge in [-0.2, -0.15) is 5.26 Å². The third-order valence-electron chi connectivity index (χ3n) is 7.72. The number of carbonyl (C=O) groups is 2. The van der Waals surface area contributed by atoms with E-state index >= 15 is 0 Å². The van der Waals surface area contributed by atoms with E-state index in [-0.39, 0.29) is 5.57 Å². The maximum Gasteiger partial charge on any atom is 0.354 e. The summed E-state index contributed by atoms with van der Waals surface area (Å²) in [5, 5.41) is 9.59. The molecule has 47 heavy (non-hydrogen) atoms. The van der Waals surface area contributed by atoms with Crippen LogP contribution in [-0.4, -0.2) is 31.3 Å². The van der Waals surface area contributed by atoms with Crippen molar-refractivity contribution in [2.45, 2.75) is 97.5 Å². The van der Waals surface area contributed by atoms with Gasteiger partial charge in [0.05, 0.1) is 6.61 Å². The summed E-state index contributed by atoms with van der Waals surface area (Å²) in [5.41, 5.74) is 2.38. The zero-order valence-electron chi connectivity index (χ0n) is 28.2. The van der Waals surface area contributed by atoms with Crippen molar-refractivity contribution in [2.24, 2.45) is 0 Å². The number of hydrogen-bond acceptors (Lipinski definition) is 7. The Hall–Kier alpha value is -4.41. The van der Waals surface area contributed by atoms with Crippen LogP contribution in [0.1, 0.15) is 97.0 Å². The van der Waals surface area contributed by atoms with Crippen LogP contribution >= 0.6 is 0 Å². The van der Waals surface area contributed by atoms with E-state index in [9.17, 15) is 14.9 Å². The number of benzene rings is 3. The number of nitrogens with zero attached hydrogens (tertiary/aromatic N) is 1. The number of carbonyl (C=O) groups excluding carboxylic acids is 2. The SMILES string of the molecule is CCCCCCCCOC(C)C(=O)Oc1ccc(-c2ccc(OC(=O)/C(C#N)=C/c3ccc(OCCCCCCC)cc3)cc2)cc1. The molecule has 0 aliphatic rings. The van der Waals surface area contributed by atoms with Crippen molar-refractivity contribution in [3.8, 4) is 34.4 Å². The van der Waals surface area contributed by atoms with E-state index in [1.807, 2.05) is 54.6 Å². The molecule has 1 unspecified atom stereocenters. The first-order valence-corrected chi connectivity index (χ1v) is 17.0. The Morgan fingerprint density at radius 2 is 1.15 bits per heavy atom. The van der Waals surface area contributed by atoms with E-state index in [1.165, 1.54) is 51.0 Å². The normalized spacial score (nSPS) is 11.8. The van der Waals surface area contributed by atoms with Crippen molar-refractivity contribution >= 4 is 18.0 Å². The summed E-state index contributed by atoms with van der Waals surface area (Å²) >= 11 is 0. The largest absolute Gasteiger partial charge is 0.494 e. The zero-order valence-corrected chi connectivity index (χ0v) is 28.2. The van der Waals surface area contributed by atoms with Crippen LogP contribution < -0.4 is 14.2 Å². The Morgan fingerprint density at radius 3 is 1.70 bits per heavy atom. The molecule has 0 spiro atoms. The summed E-state index contributed by atoms with van der Waals surface area (Å²) in [5.74, 6) is 0.366. The van der Waals surface area contributed by atoms with Crippen molar-refractivity contribution in [1.82, 2.24) is 0 Å². The maximum absolute atomic E-state index is 12.7. The molecule has 0 aliphatic heterocycles. The van der Waals surface area contributed by atoms with Gasteiger partial charge in [0.25, 0.3) is 0 Å². The van der Waals surface area contributed by atoms with Gasteiger partial charge in [0.1, 0.15) is 28.9 Å². The molecule has 0 bridgehead atoms. The molecule has 0 saturated heterocycles. The number of esters is 2. The summed E-state index contributed by atoms with van der Waals surface area (Å²) < 4.78 is 22.4. The molecule has 0 fully saturated rings. The molecular weight excluding hydrogens is 590 g/mol. The van der Waals surface area contributed by atoms with E-state index < -0.39 is 18.0 Å². The molecule has 7 nitrogen and oxygen atoms in total. The first kappa shape index (κ1) is 37.1. The Morgan fingerprint density at radius 1 is 0.660 bits per heavy atom. The van der Waals surface area contributed by atoms with Crippen LogP contribution in [0.4, 0.5) is 0 Å². The molecule has 1 atom stereocenters. The van der Waals surface area contributed by atoms with Crippen LogP contribution in [-0.2, 0) is 14.3 Å². The second-order valence-electron chi connectivity index (χ2n) is 11.6. The van der Waals surface area contributed by atoms with E-state index in [0.717, 1.165) is 42.6 Å². The molecule has 250 valence electrons. The third kappa shape index (κ3) is 13.9. The van der Waals surface area contributed by atoms with Crippen LogP contribution in [0.5, 0.6) is 17.2 Å². The van der Waals surface area contributed by atoms with Crippen LogP contribution in [0.3, 0.4) is 0 Å². The van der Waals surface area contributed by atoms with Crippen LogP contribution in [0, 0.1) is 11.3 Å². The van der Waals surface area contributed by atoms with E-state index in [1.54, 1.807) is 31.2 Å². The summed E-state index contributed by atoms with van der Waals surface area (Å²) in [4.78, 5) is 25.2. The average molecular weight is 640 g/mol. The van der Waals surface area contributed by atoms with Crippen molar-refractivity contribution < 1.29 is 28.5 Å². The molecule has 3 aromatic carbocycles. The molecule has 0 saturated carbocycles. The van der Waals surface area contributed by atoms with Crippen molar-refractivity contribution in [3.05, 3.63) is 83.9 Å². The second-order valence-corrected chi connectivity index (χ2v) is 11.6. The number of hydrogen-bond donors (Lipinski definition) is 0. The summed E-state index contributed by atoms with van der Waals surface area (Å²) in [7, 11) is 0. The van der Waals surface area contributed by atoms with Gasteiger partial charge in [-0.25, -0.2) is 9.59 Å². The van der Waals surface area contributed by atoms with Crippen LogP contribution in [0.2, 0.25) is 0 Å². The molecule has 0 heterocycles. The Kier molecular flexibility index (Phi) is 16.9. The van der Waals surface area contributed by atoms with Gasteiger partial charge in [0.15, 0.2) is 6.10 Å². The Labute approximate surface area is 280 Å². The second kappa shape index (κ2) is 21.4. The van der Waals surface area contributed by atoms with E-state index in [0.29, 0.717) is 30.3 Å². The Balaban J connectivity index is 1.46. The predicted octanol–water partition coefficient (Wildman–Crippen LogP) is 9.89. The standard InChI is InChI=1S/C40H49NO6/c1-4-6-8-10-12-13-27-44-31(3)39(42)46-37-23-17-33(18-24-37)34-19-25-38(26-20-34)47-40(43)35(30-41)29-32-15-21-36(22-16-32)45-28-14-11-9-7-5-2/h15-26,29,31H,4-14,27-28H2,1-3H3/b35-29+. The highest BCUT2D eigenvalue weighted by Gasteiger charge is 2.16. The smallest absolute Gasteiger partial charge is 0.354 e. The van der Waals surface area contributed by atoms with Crippen molar-refractivity contribution in [2.75, 3.05) is 13.2 Å². The van der Waals surface area contributed by atoms with Crippen molar-refractivity contribution in [3.63, 3.8) is 0 Å². The molecule has 0 N–H and O–H groups in total. The lowest BCUT2D eigenvalue weighted by molar-refractivity contribution is -0.146. The van der Waals surface area contributed by atoms with Crippen LogP contribution in [0.15, 0.2) is 78.4 Å². The monoisotopic (exact) mass is 639 g/mol. The lowest BCUT2D eigenvalue weighted by Gasteiger charge is -2.13. The molecule has 0 radical (unpaired) electrons. The predicted molar refractivity (Wildman–Crippen MR) is 186 cm³/mol. The minimum Gasteiger partial charge on any atom is -0.494 e. The minimum absolute atomic E-state index is 0.106. The van der Waals surface area contributed by atoms with Gasteiger partial charge in [-0.15, -0.1) is 0 Å². The molecule has 3 aromatic rings. The van der Waals surface area contributed by atoms with Gasteiger partial charge in [-0.05, 0) is 78.9 Å². The number of unbranched alkanes of at least 4 members (excludes halogenated alkanes) is 9. The summed E-state index contributed by atoms with van der Waals surface area (Å²) in [6.45, 7) is 7.32. The topological polar surface area (TPSA) is 94.9 Å². The molecule has 0 amide bonds. The van der Waals surface area contributed by atoms with Gasteiger partial charge in [0.2, 0.25) is 0 Å². The first-order valence-electron chi connectivity index (χ1n) is 17.0. The molecule has 7 heteroatoms. The summed E-state index contributed by atoms with van der Waals surface area (Å²) in [6.07, 6.45) is 13.7. The first-order chi connectivity index (χ1) is 22.9. The third-order valence-corrected chi connectivity index (χ3v) is 7.72. The maximum atomic E-state index is 12.7. The zero-order chi connectivity index (χ0) is 33.7. The molecule has 0 aromatic heterocycles. The van der Waals surface area contributed by atoms with Crippen molar-refractivity contribution in [1.29, 1.82) is 5.26 Å². The number of ether oxygens (including phenoxy) is 4. The van der Waals surface area contributed by atoms with Gasteiger partial charge >= 0.3 is 11.9 Å². The average Bonchev–Trinajstić information content (AvgIpc) is 3.09. The fraction of sp³-hybridized carbons (Fsp3) is 0.425. The Bertz CT molecular complexity index is 1420. The molecule has 3 rings (SSSR count). The quantitative estimate of drug-likeness (QED) is 0.0376. The van der Waals surface area contributed by atoms with Gasteiger partial charge < -0.3 is 18.9 Å². The van der Waals surface area contributed by atoms with E-state index in [4.69, 9.17) is 18.9 Å². The fourth-order valence-electron chi connectivity index (χ4n) is 4.86. The van der Waals surface area contributed by atoms with Gasteiger partial charge in [-0.3, -0.25) is 0 Å². The van der Waals surface area contributed by atoms with E-state index in [2.05, 4.69) is 13.8 Å². The molecule has 0 aliphatic carbocycles. The lowest BCUT2D eigenvalue weighted by Crippen LogP contribution is -2.26. The van der Waals surface area contributed by atoms with Gasteiger partial charge in [-0.1, -0.05) is 108 Å². The fourth-order valence-corrected chi connectivity index (χ4v) is 4.86. The highest BCUT2D eigenvalue weighted by Crippen LogP contribution is 2.26. The highest BCUT2D eigenvalue weighted by atomic mass is 16.6. The lowest BCUT2D eigenvalue weighted by atomic mass is 10.1. The highest BCUT2D eigenvalue weighted by molar-refractivity contribution is 5.99. The minimum atomic E-state index is -0.732. The van der Waals surface area contributed by atoms with Gasteiger partial charge in [0, 0.05) is 6.61 Å². The molecular formula is C40H49NO6.